The van der Waals surface area contributed by atoms with Crippen LogP contribution in [0.15, 0.2) is 48.7 Å². The number of hydrogen-bond donors (Lipinski definition) is 2. The average Bonchev–Trinajstić information content (AvgIpc) is 2.46. The summed E-state index contributed by atoms with van der Waals surface area (Å²) in [5, 5.41) is 19.5. The summed E-state index contributed by atoms with van der Waals surface area (Å²) >= 11 is 7.13. The van der Waals surface area contributed by atoms with Gasteiger partial charge in [-0.15, -0.1) is 0 Å². The van der Waals surface area contributed by atoms with Gasteiger partial charge in [-0.1, -0.05) is 56.1 Å². The number of nitrogens with one attached hydrogen (secondary N) is 1. The third-order valence-corrected chi connectivity index (χ3v) is 5.44. The molecule has 6 heteroatoms. The van der Waals surface area contributed by atoms with Gasteiger partial charge in [0.2, 0.25) is 0 Å². The topological polar surface area (TPSA) is 60.6 Å². The lowest BCUT2D eigenvalue weighted by molar-refractivity contribution is -0.991. The van der Waals surface area contributed by atoms with Gasteiger partial charge in [0.05, 0.1) is 15.3 Å². The quantitative estimate of drug-likeness (QED) is 0.626. The molecule has 1 heterocycles. The Balaban J connectivity index is 2.32. The van der Waals surface area contributed by atoms with E-state index in [0.29, 0.717) is 5.69 Å². The molecule has 0 spiro atoms. The van der Waals surface area contributed by atoms with E-state index in [1.807, 2.05) is 24.3 Å². The van der Waals surface area contributed by atoms with E-state index in [0.717, 1.165) is 11.3 Å². The van der Waals surface area contributed by atoms with Crippen molar-refractivity contribution >= 4 is 37.5 Å². The summed E-state index contributed by atoms with van der Waals surface area (Å²) in [5.41, 5.74) is 1.87. The van der Waals surface area contributed by atoms with Crippen LogP contribution in [0.2, 0.25) is 0 Å². The number of para-hydroxylation sites is 1. The molecule has 100 valence electrons. The van der Waals surface area contributed by atoms with E-state index >= 15 is 0 Å². The van der Waals surface area contributed by atoms with Crippen molar-refractivity contribution in [2.24, 2.45) is 0 Å². The molecule has 0 saturated carbocycles. The fraction of sp³-hybridized carbons (Fsp3) is 0.154. The minimum atomic E-state index is -0.930. The van der Waals surface area contributed by atoms with Crippen LogP contribution in [-0.4, -0.2) is 10.2 Å². The normalized spacial score (nSPS) is 15.8. The number of halogens is 2. The van der Waals surface area contributed by atoms with Crippen molar-refractivity contribution in [1.82, 2.24) is 4.98 Å². The summed E-state index contributed by atoms with van der Waals surface area (Å²) in [6.07, 6.45) is 1.71. The largest absolute Gasteiger partial charge is 0.595 e. The molecule has 0 amide bonds. The predicted molar refractivity (Wildman–Crippen MR) is 79.8 cm³/mol. The van der Waals surface area contributed by atoms with Crippen molar-refractivity contribution in [3.63, 3.8) is 0 Å². The van der Waals surface area contributed by atoms with Gasteiger partial charge in [-0.05, 0) is 12.1 Å². The van der Waals surface area contributed by atoms with Crippen LogP contribution in [0.1, 0.15) is 20.9 Å². The maximum atomic E-state index is 11.2. The fourth-order valence-corrected chi connectivity index (χ4v) is 3.00. The highest BCUT2D eigenvalue weighted by atomic mass is 79.9. The summed E-state index contributed by atoms with van der Waals surface area (Å²) in [7, 11) is 0. The minimum absolute atomic E-state index is 0.103. The van der Waals surface area contributed by atoms with E-state index in [1.165, 1.54) is 0 Å². The first kappa shape index (κ1) is 14.6. The van der Waals surface area contributed by atoms with Crippen molar-refractivity contribution in [2.75, 3.05) is 0 Å². The summed E-state index contributed by atoms with van der Waals surface area (Å²) in [6.45, 7) is 0. The second-order valence-electron chi connectivity index (χ2n) is 3.95. The standard InChI is InChI=1S/C13H12Br2N2O2/c14-12(13(15)10-6-3-4-8-16-10)9-5-1-2-7-11(9)17(18)19/h1-8,12-13,17-18H. The molecule has 3 atom stereocenters. The third-order valence-electron chi connectivity index (χ3n) is 2.72. The molecule has 2 aromatic rings. The first-order valence-corrected chi connectivity index (χ1v) is 7.45. The van der Waals surface area contributed by atoms with Crippen LogP contribution in [0.25, 0.3) is 0 Å². The van der Waals surface area contributed by atoms with Gasteiger partial charge in [-0.3, -0.25) is 4.98 Å². The number of benzene rings is 1. The van der Waals surface area contributed by atoms with Gasteiger partial charge in [-0.2, -0.15) is 5.23 Å². The summed E-state index contributed by atoms with van der Waals surface area (Å²) in [4.78, 5) is 4.00. The van der Waals surface area contributed by atoms with Crippen LogP contribution < -0.4 is 5.23 Å². The fourth-order valence-electron chi connectivity index (χ4n) is 1.78. The smallest absolute Gasteiger partial charge is 0.168 e. The number of aromatic nitrogens is 1. The van der Waals surface area contributed by atoms with Crippen LogP contribution in [-0.2, 0) is 0 Å². The number of hydrogen-bond acceptors (Lipinski definition) is 3. The summed E-state index contributed by atoms with van der Waals surface area (Å²) < 4.78 is 0. The van der Waals surface area contributed by atoms with Crippen LogP contribution in [0, 0.1) is 5.21 Å². The predicted octanol–water partition coefficient (Wildman–Crippen LogP) is 3.06. The van der Waals surface area contributed by atoms with Gasteiger partial charge in [0.15, 0.2) is 5.69 Å². The Hall–Kier alpha value is -0.790. The lowest BCUT2D eigenvalue weighted by atomic mass is 10.1. The first-order valence-electron chi connectivity index (χ1n) is 5.62. The highest BCUT2D eigenvalue weighted by molar-refractivity contribution is 9.12. The first-order chi connectivity index (χ1) is 9.11. The zero-order valence-electron chi connectivity index (χ0n) is 9.83. The molecule has 2 N–H and O–H groups in total. The van der Waals surface area contributed by atoms with E-state index < -0.39 is 5.23 Å². The maximum Gasteiger partial charge on any atom is 0.168 e. The number of alkyl halides is 2. The molecule has 4 nitrogen and oxygen atoms in total. The summed E-state index contributed by atoms with van der Waals surface area (Å²) in [5.74, 6) is 0. The molecule has 0 aliphatic carbocycles. The molecular weight excluding hydrogens is 376 g/mol. The molecule has 19 heavy (non-hydrogen) atoms. The third kappa shape index (κ3) is 3.40. The molecule has 1 aromatic carbocycles. The highest BCUT2D eigenvalue weighted by Gasteiger charge is 2.25. The maximum absolute atomic E-state index is 11.2. The monoisotopic (exact) mass is 386 g/mol. The van der Waals surface area contributed by atoms with E-state index in [4.69, 9.17) is 0 Å². The molecule has 2 rings (SSSR count). The average molecular weight is 388 g/mol. The lowest BCUT2D eigenvalue weighted by Crippen LogP contribution is -2.99. The van der Waals surface area contributed by atoms with Gasteiger partial charge in [0, 0.05) is 17.8 Å². The number of rotatable bonds is 4. The molecule has 1 aromatic heterocycles. The Labute approximate surface area is 127 Å². The second-order valence-corrected chi connectivity index (χ2v) is 5.92. The van der Waals surface area contributed by atoms with Gasteiger partial charge in [0.1, 0.15) is 0 Å². The van der Waals surface area contributed by atoms with E-state index in [9.17, 15) is 10.4 Å². The molecule has 3 unspecified atom stereocenters. The van der Waals surface area contributed by atoms with Crippen molar-refractivity contribution in [3.8, 4) is 0 Å². The Kier molecular flexibility index (Phi) is 5.06. The lowest BCUT2D eigenvalue weighted by Gasteiger charge is -2.21. The zero-order valence-corrected chi connectivity index (χ0v) is 13.0. The molecular formula is C13H12Br2N2O2. The molecule has 0 saturated heterocycles. The number of pyridine rings is 1. The van der Waals surface area contributed by atoms with Crippen molar-refractivity contribution < 1.29 is 10.4 Å². The van der Waals surface area contributed by atoms with Crippen LogP contribution in [0.4, 0.5) is 5.69 Å². The molecule has 0 aliphatic rings. The van der Waals surface area contributed by atoms with Gasteiger partial charge < -0.3 is 5.21 Å². The van der Waals surface area contributed by atoms with Crippen LogP contribution in [0.5, 0.6) is 0 Å². The molecule has 0 fully saturated rings. The Morgan fingerprint density at radius 3 is 2.37 bits per heavy atom. The summed E-state index contributed by atoms with van der Waals surface area (Å²) in [6, 6.07) is 12.6. The molecule has 0 bridgehead atoms. The highest BCUT2D eigenvalue weighted by Crippen LogP contribution is 2.43. The van der Waals surface area contributed by atoms with E-state index in [2.05, 4.69) is 36.8 Å². The number of nitrogens with zero attached hydrogens (tertiary/aromatic N) is 1. The van der Waals surface area contributed by atoms with Crippen LogP contribution >= 0.6 is 31.9 Å². The second kappa shape index (κ2) is 6.58. The van der Waals surface area contributed by atoms with E-state index in [-0.39, 0.29) is 9.65 Å². The van der Waals surface area contributed by atoms with Gasteiger partial charge in [-0.25, -0.2) is 5.21 Å². The minimum Gasteiger partial charge on any atom is -0.595 e. The SMILES string of the molecule is [O-][NH+](O)c1ccccc1C(Br)C(Br)c1ccccn1. The molecule has 0 aliphatic heterocycles. The van der Waals surface area contributed by atoms with Gasteiger partial charge >= 0.3 is 0 Å². The number of quaternary nitrogens is 1. The van der Waals surface area contributed by atoms with Crippen molar-refractivity contribution in [2.45, 2.75) is 9.65 Å². The Bertz CT molecular complexity index is 537. The zero-order chi connectivity index (χ0) is 13.8. The van der Waals surface area contributed by atoms with Crippen molar-refractivity contribution in [3.05, 3.63) is 65.1 Å². The molecule has 0 radical (unpaired) electrons. The van der Waals surface area contributed by atoms with Crippen molar-refractivity contribution in [1.29, 1.82) is 0 Å². The van der Waals surface area contributed by atoms with Gasteiger partial charge in [0.25, 0.3) is 0 Å². The van der Waals surface area contributed by atoms with Crippen LogP contribution in [0.3, 0.4) is 0 Å². The Morgan fingerprint density at radius 2 is 1.74 bits per heavy atom. The Morgan fingerprint density at radius 1 is 1.05 bits per heavy atom. The van der Waals surface area contributed by atoms with E-state index in [1.54, 1.807) is 24.4 Å².